The van der Waals surface area contributed by atoms with Gasteiger partial charge in [0.2, 0.25) is 0 Å². The molecule has 0 radical (unpaired) electrons. The maximum Gasteiger partial charge on any atom is 0.128 e. The lowest BCUT2D eigenvalue weighted by atomic mass is 10.1. The Bertz CT molecular complexity index is 307. The quantitative estimate of drug-likeness (QED) is 0.678. The van der Waals surface area contributed by atoms with Crippen molar-refractivity contribution >= 4 is 5.82 Å². The number of nitrogens with two attached hydrogens (primary N) is 2. The fourth-order valence-electron chi connectivity index (χ4n) is 1.98. The molecule has 2 rings (SSSR count). The number of nitrogens with zero attached hydrogens (tertiary/aromatic N) is 2. The summed E-state index contributed by atoms with van der Waals surface area (Å²) in [4.78, 5) is 6.83. The summed E-state index contributed by atoms with van der Waals surface area (Å²) in [5.74, 6) is 4.60. The molecule has 0 amide bonds. The van der Waals surface area contributed by atoms with Crippen molar-refractivity contribution in [2.24, 2.45) is 11.6 Å². The molecule has 5 heteroatoms. The highest BCUT2D eigenvalue weighted by atomic mass is 16.4. The van der Waals surface area contributed by atoms with E-state index in [0.717, 1.165) is 24.5 Å². The van der Waals surface area contributed by atoms with Gasteiger partial charge in [0.15, 0.2) is 0 Å². The first kappa shape index (κ1) is 13.9. The van der Waals surface area contributed by atoms with Crippen molar-refractivity contribution in [1.29, 1.82) is 0 Å². The molecule has 0 spiro atoms. The minimum atomic E-state index is 0.0768. The number of piperidine rings is 1. The van der Waals surface area contributed by atoms with Crippen LogP contribution < -0.4 is 16.5 Å². The van der Waals surface area contributed by atoms with Gasteiger partial charge in [0.25, 0.3) is 0 Å². The van der Waals surface area contributed by atoms with Crippen LogP contribution in [0, 0.1) is 0 Å². The van der Waals surface area contributed by atoms with Crippen LogP contribution in [0.15, 0.2) is 18.3 Å². The molecule has 1 saturated heterocycles. The summed E-state index contributed by atoms with van der Waals surface area (Å²) in [5.41, 5.74) is 6.90. The Labute approximate surface area is 102 Å². The predicted molar refractivity (Wildman–Crippen MR) is 68.9 cm³/mol. The van der Waals surface area contributed by atoms with Gasteiger partial charge in [-0.3, -0.25) is 0 Å². The first-order valence-electron chi connectivity index (χ1n) is 5.99. The van der Waals surface area contributed by atoms with Crippen LogP contribution in [0.5, 0.6) is 0 Å². The molecule has 1 aliphatic rings. The lowest BCUT2D eigenvalue weighted by molar-refractivity contribution is 0.311. The number of anilines is 1. The Morgan fingerprint density at radius 3 is 2.35 bits per heavy atom. The molecule has 17 heavy (non-hydrogen) atoms. The van der Waals surface area contributed by atoms with Crippen LogP contribution in [0.3, 0.4) is 0 Å². The SMILES string of the molecule is CC(N)c1ccc(N2CCCCC2)nc1.NO. The van der Waals surface area contributed by atoms with E-state index in [1.54, 1.807) is 0 Å². The highest BCUT2D eigenvalue weighted by molar-refractivity contribution is 5.40. The van der Waals surface area contributed by atoms with Crippen LogP contribution in [0.2, 0.25) is 0 Å². The molecule has 1 fully saturated rings. The lowest BCUT2D eigenvalue weighted by Crippen LogP contribution is -2.30. The standard InChI is InChI=1S/C12H19N3.H3NO/c1-10(13)11-5-6-12(14-9-11)15-7-3-2-4-8-15;1-2/h5-6,9-10H,2-4,7-8,13H2,1H3;2H,1H2. The molecular weight excluding hydrogens is 216 g/mol. The summed E-state index contributed by atoms with van der Waals surface area (Å²) < 4.78 is 0. The van der Waals surface area contributed by atoms with E-state index in [4.69, 9.17) is 10.9 Å². The summed E-state index contributed by atoms with van der Waals surface area (Å²) >= 11 is 0. The van der Waals surface area contributed by atoms with Gasteiger partial charge in [-0.05, 0) is 37.8 Å². The molecule has 1 unspecified atom stereocenters. The van der Waals surface area contributed by atoms with Gasteiger partial charge in [-0.2, -0.15) is 0 Å². The molecule has 0 saturated carbocycles. The monoisotopic (exact) mass is 238 g/mol. The van der Waals surface area contributed by atoms with Crippen LogP contribution in [-0.2, 0) is 0 Å². The van der Waals surface area contributed by atoms with Crippen molar-refractivity contribution in [3.05, 3.63) is 23.9 Å². The zero-order valence-corrected chi connectivity index (χ0v) is 10.3. The molecule has 2 heterocycles. The fourth-order valence-corrected chi connectivity index (χ4v) is 1.98. The lowest BCUT2D eigenvalue weighted by Gasteiger charge is -2.27. The highest BCUT2D eigenvalue weighted by Crippen LogP contribution is 2.18. The molecule has 5 nitrogen and oxygen atoms in total. The maximum absolute atomic E-state index is 6.50. The van der Waals surface area contributed by atoms with Crippen molar-refractivity contribution in [1.82, 2.24) is 4.98 Å². The number of hydrogen-bond acceptors (Lipinski definition) is 5. The van der Waals surface area contributed by atoms with Crippen LogP contribution in [0.4, 0.5) is 5.82 Å². The van der Waals surface area contributed by atoms with E-state index in [1.165, 1.54) is 19.3 Å². The number of aromatic nitrogens is 1. The average Bonchev–Trinajstić information content (AvgIpc) is 2.42. The van der Waals surface area contributed by atoms with E-state index < -0.39 is 0 Å². The first-order valence-corrected chi connectivity index (χ1v) is 5.99. The van der Waals surface area contributed by atoms with E-state index >= 15 is 0 Å². The summed E-state index contributed by atoms with van der Waals surface area (Å²) in [6.45, 7) is 4.27. The molecule has 5 N–H and O–H groups in total. The number of pyridine rings is 1. The smallest absolute Gasteiger partial charge is 0.128 e. The maximum atomic E-state index is 6.50. The van der Waals surface area contributed by atoms with Gasteiger partial charge in [0, 0.05) is 25.3 Å². The Hall–Kier alpha value is -1.17. The van der Waals surface area contributed by atoms with Gasteiger partial charge in [-0.1, -0.05) is 6.07 Å². The number of rotatable bonds is 2. The minimum absolute atomic E-state index is 0.0768. The second-order valence-corrected chi connectivity index (χ2v) is 4.29. The molecular formula is C12H22N4O. The second kappa shape index (κ2) is 7.21. The summed E-state index contributed by atoms with van der Waals surface area (Å²) in [7, 11) is 0. The van der Waals surface area contributed by atoms with Crippen molar-refractivity contribution < 1.29 is 5.21 Å². The highest BCUT2D eigenvalue weighted by Gasteiger charge is 2.11. The third kappa shape index (κ3) is 3.96. The molecule has 96 valence electrons. The Kier molecular flexibility index (Phi) is 5.90. The largest absolute Gasteiger partial charge is 0.357 e. The Balaban J connectivity index is 0.000000686. The van der Waals surface area contributed by atoms with Crippen molar-refractivity contribution in [2.75, 3.05) is 18.0 Å². The Morgan fingerprint density at radius 1 is 1.24 bits per heavy atom. The third-order valence-corrected chi connectivity index (χ3v) is 2.98. The molecule has 1 aromatic rings. The molecule has 1 aromatic heterocycles. The van der Waals surface area contributed by atoms with Gasteiger partial charge in [0.05, 0.1) is 0 Å². The van der Waals surface area contributed by atoms with Gasteiger partial charge in [-0.25, -0.2) is 10.9 Å². The minimum Gasteiger partial charge on any atom is -0.357 e. The van der Waals surface area contributed by atoms with Crippen LogP contribution in [0.1, 0.15) is 37.8 Å². The predicted octanol–water partition coefficient (Wildman–Crippen LogP) is 1.43. The number of hydrogen-bond donors (Lipinski definition) is 3. The van der Waals surface area contributed by atoms with Crippen molar-refractivity contribution in [3.8, 4) is 0 Å². The molecule has 1 aliphatic heterocycles. The summed E-state index contributed by atoms with van der Waals surface area (Å²) in [6.07, 6.45) is 5.83. The van der Waals surface area contributed by atoms with E-state index in [0.29, 0.717) is 0 Å². The van der Waals surface area contributed by atoms with E-state index in [2.05, 4.69) is 27.9 Å². The summed E-state index contributed by atoms with van der Waals surface area (Å²) in [5, 5.41) is 6.50. The second-order valence-electron chi connectivity index (χ2n) is 4.29. The first-order chi connectivity index (χ1) is 8.27. The third-order valence-electron chi connectivity index (χ3n) is 2.98. The normalized spacial score (nSPS) is 17.1. The summed E-state index contributed by atoms with van der Waals surface area (Å²) in [6, 6.07) is 4.25. The molecule has 0 aliphatic carbocycles. The van der Waals surface area contributed by atoms with Crippen LogP contribution >= 0.6 is 0 Å². The average molecular weight is 238 g/mol. The topological polar surface area (TPSA) is 88.4 Å². The van der Waals surface area contributed by atoms with E-state index in [9.17, 15) is 0 Å². The van der Waals surface area contributed by atoms with Crippen LogP contribution in [0.25, 0.3) is 0 Å². The van der Waals surface area contributed by atoms with E-state index in [1.807, 2.05) is 13.1 Å². The van der Waals surface area contributed by atoms with Crippen molar-refractivity contribution in [3.63, 3.8) is 0 Å². The van der Waals surface area contributed by atoms with Crippen molar-refractivity contribution in [2.45, 2.75) is 32.2 Å². The molecule has 1 atom stereocenters. The van der Waals surface area contributed by atoms with Gasteiger partial charge < -0.3 is 15.8 Å². The van der Waals surface area contributed by atoms with Gasteiger partial charge >= 0.3 is 0 Å². The van der Waals surface area contributed by atoms with Crippen LogP contribution in [-0.4, -0.2) is 23.3 Å². The Morgan fingerprint density at radius 2 is 1.88 bits per heavy atom. The van der Waals surface area contributed by atoms with Gasteiger partial charge in [0.1, 0.15) is 5.82 Å². The van der Waals surface area contributed by atoms with Gasteiger partial charge in [-0.15, -0.1) is 0 Å². The zero-order valence-electron chi connectivity index (χ0n) is 10.3. The zero-order chi connectivity index (χ0) is 12.7. The fraction of sp³-hybridized carbons (Fsp3) is 0.583. The molecule has 0 bridgehead atoms. The van der Waals surface area contributed by atoms with E-state index in [-0.39, 0.29) is 6.04 Å². The molecule has 0 aromatic carbocycles.